The predicted octanol–water partition coefficient (Wildman–Crippen LogP) is 4.71. The van der Waals surface area contributed by atoms with Crippen LogP contribution in [0.15, 0.2) is 59.5 Å². The molecule has 2 aromatic carbocycles. The minimum atomic E-state index is -0.802. The van der Waals surface area contributed by atoms with Gasteiger partial charge in [0.2, 0.25) is 0 Å². The topological polar surface area (TPSA) is 85.3 Å². The fourth-order valence-electron chi connectivity index (χ4n) is 3.91. The number of methoxy groups -OCH3 is 3. The highest BCUT2D eigenvalue weighted by Gasteiger charge is 2.48. The maximum atomic E-state index is 13.3. The molecule has 0 bridgehead atoms. The number of ether oxygens (including phenoxy) is 3. The van der Waals surface area contributed by atoms with Crippen LogP contribution in [0.5, 0.6) is 17.2 Å². The summed E-state index contributed by atoms with van der Waals surface area (Å²) in [5.41, 5.74) is 1.69. The fourth-order valence-corrected chi connectivity index (χ4v) is 4.94. The maximum absolute atomic E-state index is 13.3. The van der Waals surface area contributed by atoms with Gasteiger partial charge in [0, 0.05) is 22.7 Å². The molecule has 2 heterocycles. The average molecular weight is 466 g/mol. The molecule has 7 nitrogen and oxygen atoms in total. The number of amides is 1. The molecule has 1 N–H and O–H groups in total. The minimum absolute atomic E-state index is 0.00293. The Kier molecular flexibility index (Phi) is 6.11. The molecule has 1 atom stereocenters. The van der Waals surface area contributed by atoms with Crippen LogP contribution in [0.3, 0.4) is 0 Å². The number of rotatable bonds is 6. The molecule has 1 fully saturated rings. The summed E-state index contributed by atoms with van der Waals surface area (Å²) < 4.78 is 16.0. The van der Waals surface area contributed by atoms with Crippen molar-refractivity contribution in [3.8, 4) is 17.2 Å². The molecule has 1 unspecified atom stereocenters. The van der Waals surface area contributed by atoms with Crippen LogP contribution in [-0.4, -0.2) is 38.1 Å². The van der Waals surface area contributed by atoms with Crippen molar-refractivity contribution in [3.05, 3.63) is 75.5 Å². The predicted molar refractivity (Wildman–Crippen MR) is 126 cm³/mol. The van der Waals surface area contributed by atoms with Crippen molar-refractivity contribution in [1.29, 1.82) is 0 Å². The molecule has 1 amide bonds. The molecule has 170 valence electrons. The second-order valence-electron chi connectivity index (χ2n) is 7.40. The minimum Gasteiger partial charge on any atom is -0.507 e. The summed E-state index contributed by atoms with van der Waals surface area (Å²) in [6, 6.07) is 12.9. The lowest BCUT2D eigenvalue weighted by Gasteiger charge is -2.25. The first-order chi connectivity index (χ1) is 15.9. The number of aliphatic hydroxyl groups is 1. The number of carbonyl (C=O) groups excluding carboxylic acids is 2. The monoisotopic (exact) mass is 465 g/mol. The third-order valence-corrected chi connectivity index (χ3v) is 6.66. The van der Waals surface area contributed by atoms with Crippen LogP contribution < -0.4 is 19.1 Å². The Labute approximate surface area is 195 Å². The highest BCUT2D eigenvalue weighted by atomic mass is 32.1. The number of hydrogen-bond donors (Lipinski definition) is 1. The van der Waals surface area contributed by atoms with Gasteiger partial charge in [0.05, 0.1) is 32.5 Å². The Hall–Kier alpha value is -3.78. The molecule has 1 saturated heterocycles. The van der Waals surface area contributed by atoms with Crippen molar-refractivity contribution in [2.75, 3.05) is 26.2 Å². The Morgan fingerprint density at radius 3 is 2.33 bits per heavy atom. The zero-order valence-corrected chi connectivity index (χ0v) is 19.4. The second-order valence-corrected chi connectivity index (χ2v) is 8.35. The van der Waals surface area contributed by atoms with E-state index in [-0.39, 0.29) is 11.3 Å². The van der Waals surface area contributed by atoms with Crippen molar-refractivity contribution in [1.82, 2.24) is 0 Å². The molecule has 0 aliphatic carbocycles. The van der Waals surface area contributed by atoms with Gasteiger partial charge in [-0.25, -0.2) is 0 Å². The normalized spacial score (nSPS) is 17.3. The number of thiophene rings is 1. The lowest BCUT2D eigenvalue weighted by atomic mass is 9.97. The molecule has 1 aliphatic rings. The molecule has 0 spiro atoms. The molecular weight excluding hydrogens is 442 g/mol. The summed E-state index contributed by atoms with van der Waals surface area (Å²) in [6.07, 6.45) is 0. The van der Waals surface area contributed by atoms with Crippen LogP contribution in [0.4, 0.5) is 5.69 Å². The number of hydrogen-bond acceptors (Lipinski definition) is 7. The zero-order chi connectivity index (χ0) is 23.7. The Bertz CT molecular complexity index is 1260. The third kappa shape index (κ3) is 3.82. The first kappa shape index (κ1) is 22.4. The Morgan fingerprint density at radius 2 is 1.70 bits per heavy atom. The lowest BCUT2D eigenvalue weighted by molar-refractivity contribution is -0.132. The zero-order valence-electron chi connectivity index (χ0n) is 18.6. The van der Waals surface area contributed by atoms with Crippen molar-refractivity contribution in [2.24, 2.45) is 0 Å². The van der Waals surface area contributed by atoms with E-state index in [1.54, 1.807) is 42.5 Å². The summed E-state index contributed by atoms with van der Waals surface area (Å²) in [5.74, 6) is -0.406. The number of benzene rings is 2. The van der Waals surface area contributed by atoms with Gasteiger partial charge in [-0.1, -0.05) is 6.07 Å². The highest BCUT2D eigenvalue weighted by molar-refractivity contribution is 7.10. The molecule has 0 radical (unpaired) electrons. The van der Waals surface area contributed by atoms with Crippen LogP contribution in [0, 0.1) is 6.92 Å². The van der Waals surface area contributed by atoms with Gasteiger partial charge in [0.1, 0.15) is 29.0 Å². The van der Waals surface area contributed by atoms with Crippen molar-refractivity contribution in [3.63, 3.8) is 0 Å². The van der Waals surface area contributed by atoms with Gasteiger partial charge >= 0.3 is 0 Å². The van der Waals surface area contributed by atoms with E-state index in [4.69, 9.17) is 14.2 Å². The molecule has 3 aromatic rings. The molecule has 1 aromatic heterocycles. The van der Waals surface area contributed by atoms with E-state index in [1.165, 1.54) is 37.6 Å². The molecule has 0 saturated carbocycles. The van der Waals surface area contributed by atoms with Crippen LogP contribution in [-0.2, 0) is 9.59 Å². The molecule has 4 rings (SSSR count). The van der Waals surface area contributed by atoms with E-state index in [1.807, 2.05) is 18.4 Å². The van der Waals surface area contributed by atoms with Gasteiger partial charge in [0.25, 0.3) is 11.7 Å². The summed E-state index contributed by atoms with van der Waals surface area (Å²) in [4.78, 5) is 28.8. The van der Waals surface area contributed by atoms with Crippen molar-refractivity contribution >= 4 is 34.5 Å². The smallest absolute Gasteiger partial charge is 0.300 e. The van der Waals surface area contributed by atoms with E-state index in [0.29, 0.717) is 28.5 Å². The standard InChI is InChI=1S/C25H23NO6S/c1-14-10-11-33-24(14)21-20(22(27)18-9-8-17(31-3)13-19(18)32-4)23(28)25(29)26(21)15-6-5-7-16(12-15)30-2/h5-13,21,27H,1-4H3/b22-20+. The van der Waals surface area contributed by atoms with Gasteiger partial charge in [-0.3, -0.25) is 14.5 Å². The van der Waals surface area contributed by atoms with Crippen molar-refractivity contribution in [2.45, 2.75) is 13.0 Å². The number of carbonyl (C=O) groups is 2. The Balaban J connectivity index is 1.96. The molecule has 8 heteroatoms. The highest BCUT2D eigenvalue weighted by Crippen LogP contribution is 2.46. The van der Waals surface area contributed by atoms with E-state index < -0.39 is 17.7 Å². The summed E-state index contributed by atoms with van der Waals surface area (Å²) >= 11 is 1.42. The number of Topliss-reactive ketones (excluding diaryl/α,β-unsaturated/α-hetero) is 1. The van der Waals surface area contributed by atoms with E-state index in [2.05, 4.69) is 0 Å². The van der Waals surface area contributed by atoms with Gasteiger partial charge in [-0.15, -0.1) is 11.3 Å². The van der Waals surface area contributed by atoms with Gasteiger partial charge < -0.3 is 19.3 Å². The van der Waals surface area contributed by atoms with Gasteiger partial charge in [0.15, 0.2) is 0 Å². The third-order valence-electron chi connectivity index (χ3n) is 5.59. The molecule has 33 heavy (non-hydrogen) atoms. The first-order valence-corrected chi connectivity index (χ1v) is 11.0. The number of aliphatic hydroxyl groups excluding tert-OH is 1. The molecular formula is C25H23NO6S. The average Bonchev–Trinajstić information content (AvgIpc) is 3.38. The summed E-state index contributed by atoms with van der Waals surface area (Å²) in [6.45, 7) is 1.91. The van der Waals surface area contributed by atoms with Crippen LogP contribution in [0.2, 0.25) is 0 Å². The molecule has 1 aliphatic heterocycles. The number of anilines is 1. The SMILES string of the molecule is COc1cccc(N2C(=O)C(=O)/C(=C(/O)c3ccc(OC)cc3OC)C2c2sccc2C)c1. The van der Waals surface area contributed by atoms with E-state index >= 15 is 0 Å². The van der Waals surface area contributed by atoms with Crippen LogP contribution in [0.1, 0.15) is 22.0 Å². The van der Waals surface area contributed by atoms with E-state index in [0.717, 1.165) is 10.4 Å². The van der Waals surface area contributed by atoms with E-state index in [9.17, 15) is 14.7 Å². The maximum Gasteiger partial charge on any atom is 0.300 e. The Morgan fingerprint density at radius 1 is 0.970 bits per heavy atom. The largest absolute Gasteiger partial charge is 0.507 e. The number of ketones is 1. The first-order valence-electron chi connectivity index (χ1n) is 10.1. The second kappa shape index (κ2) is 8.99. The van der Waals surface area contributed by atoms with Crippen LogP contribution >= 0.6 is 11.3 Å². The van der Waals surface area contributed by atoms with Gasteiger partial charge in [-0.05, 0) is 48.2 Å². The lowest BCUT2D eigenvalue weighted by Crippen LogP contribution is -2.29. The van der Waals surface area contributed by atoms with Gasteiger partial charge in [-0.2, -0.15) is 0 Å². The fraction of sp³-hybridized carbons (Fsp3) is 0.200. The summed E-state index contributed by atoms with van der Waals surface area (Å²) in [7, 11) is 4.51. The quantitative estimate of drug-likeness (QED) is 0.322. The number of nitrogens with zero attached hydrogens (tertiary/aromatic N) is 1. The number of aryl methyl sites for hydroxylation is 1. The van der Waals surface area contributed by atoms with Crippen LogP contribution in [0.25, 0.3) is 5.76 Å². The van der Waals surface area contributed by atoms with Crippen molar-refractivity contribution < 1.29 is 28.9 Å². The summed E-state index contributed by atoms with van der Waals surface area (Å²) in [5, 5.41) is 13.2.